The number of hydrogen-bond acceptors (Lipinski definition) is 1. The number of nitrogens with zero attached hydrogens (tertiary/aromatic N) is 1. The van der Waals surface area contributed by atoms with Gasteiger partial charge in [-0.1, -0.05) is 36.4 Å². The molecule has 0 radical (unpaired) electrons. The van der Waals surface area contributed by atoms with Crippen LogP contribution in [0.3, 0.4) is 0 Å². The first-order valence-corrected chi connectivity index (χ1v) is 7.35. The largest absolute Gasteiger partial charge is 0.370 e. The van der Waals surface area contributed by atoms with Crippen molar-refractivity contribution in [3.63, 3.8) is 0 Å². The second-order valence-corrected chi connectivity index (χ2v) is 5.84. The predicted octanol–water partition coefficient (Wildman–Crippen LogP) is 4.20. The van der Waals surface area contributed by atoms with E-state index in [1.54, 1.807) is 0 Å². The van der Waals surface area contributed by atoms with Crippen molar-refractivity contribution >= 4 is 35.6 Å². The highest BCUT2D eigenvalue weighted by molar-refractivity contribution is 14.0. The molecule has 2 unspecified atom stereocenters. The van der Waals surface area contributed by atoms with E-state index in [-0.39, 0.29) is 24.0 Å². The molecule has 2 aromatic carbocycles. The molecule has 0 amide bonds. The van der Waals surface area contributed by atoms with Gasteiger partial charge in [0.2, 0.25) is 0 Å². The summed E-state index contributed by atoms with van der Waals surface area (Å²) in [7, 11) is 0. The number of nitrogens with two attached hydrogens (primary N) is 1. The molecule has 1 aliphatic carbocycles. The fourth-order valence-electron chi connectivity index (χ4n) is 2.79. The Kier molecular flexibility index (Phi) is 5.45. The highest BCUT2D eigenvalue weighted by Crippen LogP contribution is 2.43. The molecule has 3 N–H and O–H groups in total. The first-order valence-electron chi connectivity index (χ1n) is 7.35. The lowest BCUT2D eigenvalue weighted by atomic mass is 10.1. The molecule has 0 aromatic heterocycles. The maximum atomic E-state index is 6.03. The molecule has 3 rings (SSSR count). The van der Waals surface area contributed by atoms with E-state index in [2.05, 4.69) is 66.6 Å². The summed E-state index contributed by atoms with van der Waals surface area (Å²) in [6, 6.07) is 17.1. The fourth-order valence-corrected chi connectivity index (χ4v) is 2.79. The molecule has 4 heteroatoms. The molecule has 0 aliphatic heterocycles. The monoisotopic (exact) mass is 407 g/mol. The lowest BCUT2D eigenvalue weighted by Crippen LogP contribution is -2.23. The number of aliphatic imine (C=N–C) groups is 1. The first-order chi connectivity index (χ1) is 10.1. The lowest BCUT2D eigenvalue weighted by molar-refractivity contribution is 0.985. The minimum absolute atomic E-state index is 0. The van der Waals surface area contributed by atoms with E-state index in [1.165, 1.54) is 16.7 Å². The summed E-state index contributed by atoms with van der Waals surface area (Å²) in [5.74, 6) is 1.02. The minimum Gasteiger partial charge on any atom is -0.370 e. The van der Waals surface area contributed by atoms with Crippen LogP contribution in [0.4, 0.5) is 5.69 Å². The molecule has 0 spiro atoms. The van der Waals surface area contributed by atoms with Crippen molar-refractivity contribution in [3.8, 4) is 0 Å². The van der Waals surface area contributed by atoms with Gasteiger partial charge in [-0.25, -0.2) is 4.99 Å². The number of aryl methyl sites for hydroxylation is 2. The zero-order valence-corrected chi connectivity index (χ0v) is 15.2. The van der Waals surface area contributed by atoms with Gasteiger partial charge in [0, 0.05) is 11.6 Å². The summed E-state index contributed by atoms with van der Waals surface area (Å²) < 4.78 is 0. The third kappa shape index (κ3) is 4.22. The molecule has 1 aliphatic rings. The Hall–Kier alpha value is -1.56. The molecule has 1 saturated carbocycles. The van der Waals surface area contributed by atoms with Crippen LogP contribution in [-0.2, 0) is 0 Å². The van der Waals surface area contributed by atoms with Crippen molar-refractivity contribution in [1.29, 1.82) is 0 Å². The van der Waals surface area contributed by atoms with Gasteiger partial charge in [0.1, 0.15) is 0 Å². The quantitative estimate of drug-likeness (QED) is 0.455. The molecule has 0 saturated heterocycles. The van der Waals surface area contributed by atoms with Crippen LogP contribution in [-0.4, -0.2) is 12.0 Å². The van der Waals surface area contributed by atoms with Crippen LogP contribution in [0.2, 0.25) is 0 Å². The number of halogens is 1. The normalized spacial score (nSPS) is 20.2. The Morgan fingerprint density at radius 3 is 2.36 bits per heavy atom. The van der Waals surface area contributed by atoms with Gasteiger partial charge in [-0.15, -0.1) is 24.0 Å². The molecule has 22 heavy (non-hydrogen) atoms. The molecule has 3 nitrogen and oxygen atoms in total. The van der Waals surface area contributed by atoms with Gasteiger partial charge in [-0.05, 0) is 49.1 Å². The third-order valence-electron chi connectivity index (χ3n) is 3.78. The van der Waals surface area contributed by atoms with E-state index in [0.717, 1.165) is 12.1 Å². The standard InChI is InChI=1S/C18H21N3.HI/c1-12-8-13(2)10-15(9-12)20-18(19)21-17-11-16(17)14-6-4-3-5-7-14;/h3-10,16-17H,11H2,1-2H3,(H3,19,20,21);1H. The predicted molar refractivity (Wildman–Crippen MR) is 104 cm³/mol. The highest BCUT2D eigenvalue weighted by atomic mass is 127. The van der Waals surface area contributed by atoms with Crippen molar-refractivity contribution in [2.45, 2.75) is 32.2 Å². The number of nitrogens with one attached hydrogen (secondary N) is 1. The Labute approximate surface area is 149 Å². The maximum Gasteiger partial charge on any atom is 0.193 e. The Morgan fingerprint density at radius 2 is 1.73 bits per heavy atom. The van der Waals surface area contributed by atoms with Crippen LogP contribution in [0.1, 0.15) is 29.0 Å². The molecule has 0 heterocycles. The number of anilines is 1. The molecule has 2 atom stereocenters. The van der Waals surface area contributed by atoms with Gasteiger partial charge in [-0.2, -0.15) is 0 Å². The summed E-state index contributed by atoms with van der Waals surface area (Å²) in [6.45, 7) is 4.16. The minimum atomic E-state index is 0. The Bertz CT molecular complexity index is 647. The van der Waals surface area contributed by atoms with Gasteiger partial charge in [-0.3, -0.25) is 0 Å². The fraction of sp³-hybridized carbons (Fsp3) is 0.278. The smallest absolute Gasteiger partial charge is 0.193 e. The number of hydrogen-bond donors (Lipinski definition) is 2. The van der Waals surface area contributed by atoms with Crippen molar-refractivity contribution in [3.05, 3.63) is 65.2 Å². The van der Waals surface area contributed by atoms with E-state index in [1.807, 2.05) is 6.07 Å². The van der Waals surface area contributed by atoms with Gasteiger partial charge >= 0.3 is 0 Å². The van der Waals surface area contributed by atoms with E-state index in [4.69, 9.17) is 5.73 Å². The summed E-state index contributed by atoms with van der Waals surface area (Å²) in [5, 5.41) is 3.19. The van der Waals surface area contributed by atoms with Gasteiger partial charge in [0.05, 0.1) is 6.04 Å². The van der Waals surface area contributed by atoms with Crippen molar-refractivity contribution in [2.75, 3.05) is 5.32 Å². The van der Waals surface area contributed by atoms with Crippen molar-refractivity contribution in [2.24, 2.45) is 10.7 Å². The summed E-state index contributed by atoms with van der Waals surface area (Å²) >= 11 is 0. The molecule has 1 fully saturated rings. The average Bonchev–Trinajstić information content (AvgIpc) is 3.17. The maximum absolute atomic E-state index is 6.03. The number of guanidine groups is 1. The third-order valence-corrected chi connectivity index (χ3v) is 3.78. The van der Waals surface area contributed by atoms with Crippen LogP contribution in [0.5, 0.6) is 0 Å². The summed E-state index contributed by atoms with van der Waals surface area (Å²) in [5.41, 5.74) is 10.8. The van der Waals surface area contributed by atoms with E-state index in [9.17, 15) is 0 Å². The Morgan fingerprint density at radius 1 is 1.09 bits per heavy atom. The van der Waals surface area contributed by atoms with E-state index in [0.29, 0.717) is 17.9 Å². The summed E-state index contributed by atoms with van der Waals surface area (Å²) in [4.78, 5) is 4.58. The number of rotatable bonds is 3. The van der Waals surface area contributed by atoms with Crippen LogP contribution >= 0.6 is 24.0 Å². The first kappa shape index (κ1) is 16.8. The van der Waals surface area contributed by atoms with Crippen LogP contribution in [0.15, 0.2) is 53.5 Å². The second-order valence-electron chi connectivity index (χ2n) is 5.84. The molecular weight excluding hydrogens is 385 g/mol. The van der Waals surface area contributed by atoms with Gasteiger partial charge in [0.15, 0.2) is 5.96 Å². The van der Waals surface area contributed by atoms with Crippen LogP contribution < -0.4 is 11.1 Å². The number of benzene rings is 2. The van der Waals surface area contributed by atoms with Crippen LogP contribution in [0, 0.1) is 13.8 Å². The van der Waals surface area contributed by atoms with Crippen LogP contribution in [0.25, 0.3) is 0 Å². The molecule has 2 aromatic rings. The van der Waals surface area contributed by atoms with Crippen molar-refractivity contribution in [1.82, 2.24) is 0 Å². The van der Waals surface area contributed by atoms with Gasteiger partial charge < -0.3 is 11.1 Å². The van der Waals surface area contributed by atoms with Gasteiger partial charge in [0.25, 0.3) is 0 Å². The lowest BCUT2D eigenvalue weighted by Gasteiger charge is -2.08. The SMILES string of the molecule is Cc1cc(C)cc(NC(N)=NC2CC2c2ccccc2)c1.I. The highest BCUT2D eigenvalue weighted by Gasteiger charge is 2.38. The zero-order chi connectivity index (χ0) is 14.8. The topological polar surface area (TPSA) is 50.4 Å². The van der Waals surface area contributed by atoms with Crippen molar-refractivity contribution < 1.29 is 0 Å². The molecule has 116 valence electrons. The summed E-state index contributed by atoms with van der Waals surface area (Å²) in [6.07, 6.45) is 1.08. The molecular formula is C18H22IN3. The van der Waals surface area contributed by atoms with E-state index >= 15 is 0 Å². The zero-order valence-electron chi connectivity index (χ0n) is 12.9. The van der Waals surface area contributed by atoms with E-state index < -0.39 is 0 Å². The Balaban J connectivity index is 0.00000176. The second kappa shape index (κ2) is 7.13. The average molecular weight is 407 g/mol. The molecule has 0 bridgehead atoms.